The van der Waals surface area contributed by atoms with Crippen LogP contribution in [-0.2, 0) is 21.2 Å². The van der Waals surface area contributed by atoms with Crippen molar-refractivity contribution in [3.63, 3.8) is 0 Å². The topological polar surface area (TPSA) is 66.9 Å². The van der Waals surface area contributed by atoms with Gasteiger partial charge in [0, 0.05) is 25.2 Å². The fraction of sp³-hybridized carbons (Fsp3) is 0.409. The predicted molar refractivity (Wildman–Crippen MR) is 117 cm³/mol. The number of ether oxygens (including phenoxy) is 1. The number of carbonyl (C=O) groups excluding carboxylic acids is 1. The van der Waals surface area contributed by atoms with Crippen molar-refractivity contribution in [2.75, 3.05) is 33.8 Å². The van der Waals surface area contributed by atoms with Gasteiger partial charge in [0.25, 0.3) is 0 Å². The van der Waals surface area contributed by atoms with E-state index in [-0.39, 0.29) is 28.1 Å². The van der Waals surface area contributed by atoms with Crippen molar-refractivity contribution in [2.45, 2.75) is 24.2 Å². The van der Waals surface area contributed by atoms with E-state index >= 15 is 0 Å². The minimum atomic E-state index is -3.91. The van der Waals surface area contributed by atoms with Gasteiger partial charge in [0.15, 0.2) is 0 Å². The van der Waals surface area contributed by atoms with Crippen LogP contribution >= 0.6 is 11.6 Å². The number of hydrogen-bond donors (Lipinski definition) is 0. The summed E-state index contributed by atoms with van der Waals surface area (Å²) in [5.74, 6) is 0.536. The number of nitrogens with zero attached hydrogens (tertiary/aromatic N) is 2. The number of likely N-dealkylation sites (tertiary alicyclic amines) is 1. The number of piperidine rings is 1. The van der Waals surface area contributed by atoms with E-state index < -0.39 is 10.0 Å². The first-order chi connectivity index (χ1) is 14.3. The molecule has 3 rings (SSSR count). The third-order valence-electron chi connectivity index (χ3n) is 5.51. The summed E-state index contributed by atoms with van der Waals surface area (Å²) in [6, 6.07) is 14.7. The van der Waals surface area contributed by atoms with E-state index in [1.165, 1.54) is 31.9 Å². The number of hydrogen-bond acceptors (Lipinski definition) is 4. The highest BCUT2D eigenvalue weighted by atomic mass is 35.5. The van der Waals surface area contributed by atoms with Crippen LogP contribution in [0.5, 0.6) is 5.75 Å². The molecule has 1 heterocycles. The maximum atomic E-state index is 13.0. The first-order valence-electron chi connectivity index (χ1n) is 9.93. The van der Waals surface area contributed by atoms with Gasteiger partial charge < -0.3 is 9.64 Å². The number of sulfonamides is 1. The maximum Gasteiger partial charge on any atom is 0.247 e. The Kier molecular flexibility index (Phi) is 7.39. The lowest BCUT2D eigenvalue weighted by Gasteiger charge is -2.33. The zero-order valence-electron chi connectivity index (χ0n) is 17.3. The fourth-order valence-corrected chi connectivity index (χ4v) is 5.26. The number of carbonyl (C=O) groups is 1. The molecule has 0 radical (unpaired) electrons. The number of methoxy groups -OCH3 is 1. The summed E-state index contributed by atoms with van der Waals surface area (Å²) in [5.41, 5.74) is 1.31. The zero-order valence-corrected chi connectivity index (χ0v) is 18.8. The number of likely N-dealkylation sites (N-methyl/N-ethyl adjacent to an activating group) is 1. The van der Waals surface area contributed by atoms with E-state index in [1.807, 2.05) is 18.2 Å². The van der Waals surface area contributed by atoms with Crippen molar-refractivity contribution in [1.29, 1.82) is 0 Å². The number of benzene rings is 2. The summed E-state index contributed by atoms with van der Waals surface area (Å²) in [4.78, 5) is 14.4. The predicted octanol–water partition coefficient (Wildman–Crippen LogP) is 3.45. The minimum absolute atomic E-state index is 0.0469. The lowest BCUT2D eigenvalue weighted by atomic mass is 9.90. The molecule has 0 atom stereocenters. The normalized spacial score (nSPS) is 15.4. The van der Waals surface area contributed by atoms with Gasteiger partial charge in [-0.2, -0.15) is 4.31 Å². The lowest BCUT2D eigenvalue weighted by Crippen LogP contribution is -2.44. The molecule has 1 fully saturated rings. The molecular formula is C22H27ClN2O4S. The van der Waals surface area contributed by atoms with Gasteiger partial charge in [-0.15, -0.1) is 0 Å². The van der Waals surface area contributed by atoms with Crippen molar-refractivity contribution in [3.8, 4) is 5.75 Å². The number of halogens is 1. The summed E-state index contributed by atoms with van der Waals surface area (Å²) in [7, 11) is -1.12. The molecule has 0 aliphatic carbocycles. The van der Waals surface area contributed by atoms with Crippen molar-refractivity contribution in [3.05, 3.63) is 59.1 Å². The van der Waals surface area contributed by atoms with Crippen LogP contribution in [0.25, 0.3) is 0 Å². The van der Waals surface area contributed by atoms with E-state index in [4.69, 9.17) is 16.3 Å². The van der Waals surface area contributed by atoms with Crippen LogP contribution in [0.3, 0.4) is 0 Å². The van der Waals surface area contributed by atoms with Gasteiger partial charge in [0.2, 0.25) is 15.9 Å². The molecule has 1 amide bonds. The van der Waals surface area contributed by atoms with Gasteiger partial charge >= 0.3 is 0 Å². The van der Waals surface area contributed by atoms with E-state index in [9.17, 15) is 13.2 Å². The molecule has 2 aromatic carbocycles. The lowest BCUT2D eigenvalue weighted by molar-refractivity contribution is -0.132. The first kappa shape index (κ1) is 22.6. The van der Waals surface area contributed by atoms with Crippen LogP contribution < -0.4 is 4.74 Å². The summed E-state index contributed by atoms with van der Waals surface area (Å²) < 4.78 is 32.1. The maximum absolute atomic E-state index is 13.0. The van der Waals surface area contributed by atoms with Crippen molar-refractivity contribution in [2.24, 2.45) is 5.92 Å². The van der Waals surface area contributed by atoms with Crippen LogP contribution in [-0.4, -0.2) is 57.3 Å². The molecular weight excluding hydrogens is 424 g/mol. The molecule has 0 saturated carbocycles. The Bertz CT molecular complexity index is 974. The molecule has 30 heavy (non-hydrogen) atoms. The second-order valence-corrected chi connectivity index (χ2v) is 10.0. The van der Waals surface area contributed by atoms with Crippen LogP contribution in [0.4, 0.5) is 0 Å². The Morgan fingerprint density at radius 2 is 1.83 bits per heavy atom. The average Bonchev–Trinajstić information content (AvgIpc) is 2.74. The van der Waals surface area contributed by atoms with Crippen molar-refractivity contribution >= 4 is 27.5 Å². The largest absolute Gasteiger partial charge is 0.495 e. The molecule has 1 aliphatic heterocycles. The van der Waals surface area contributed by atoms with E-state index in [2.05, 4.69) is 12.1 Å². The standard InChI is InChI=1S/C22H27ClN2O4S/c1-24(30(27,28)21-15-19(23)8-9-20(21)29-2)16-22(26)25-12-10-18(11-13-25)14-17-6-4-3-5-7-17/h3-9,15,18H,10-14,16H2,1-2H3. The van der Waals surface area contributed by atoms with Gasteiger partial charge in [0.05, 0.1) is 13.7 Å². The molecule has 0 unspecified atom stereocenters. The second kappa shape index (κ2) is 9.81. The molecule has 0 aromatic heterocycles. The molecule has 162 valence electrons. The average molecular weight is 451 g/mol. The summed E-state index contributed by atoms with van der Waals surface area (Å²) in [5, 5.41) is 0.287. The van der Waals surface area contributed by atoms with E-state index in [0.29, 0.717) is 19.0 Å². The Labute approximate surface area is 183 Å². The van der Waals surface area contributed by atoms with Gasteiger partial charge in [-0.3, -0.25) is 4.79 Å². The van der Waals surface area contributed by atoms with Gasteiger partial charge in [-0.05, 0) is 48.9 Å². The van der Waals surface area contributed by atoms with Crippen LogP contribution in [0.2, 0.25) is 5.02 Å². The molecule has 0 spiro atoms. The van der Waals surface area contributed by atoms with Crippen LogP contribution in [0.15, 0.2) is 53.4 Å². The highest BCUT2D eigenvalue weighted by Crippen LogP contribution is 2.29. The van der Waals surface area contributed by atoms with Crippen LogP contribution in [0, 0.1) is 5.92 Å². The van der Waals surface area contributed by atoms with E-state index in [0.717, 1.165) is 23.6 Å². The fourth-order valence-electron chi connectivity index (χ4n) is 3.73. The Balaban J connectivity index is 1.59. The smallest absolute Gasteiger partial charge is 0.247 e. The van der Waals surface area contributed by atoms with Gasteiger partial charge in [-0.1, -0.05) is 41.9 Å². The first-order valence-corrected chi connectivity index (χ1v) is 11.7. The minimum Gasteiger partial charge on any atom is -0.495 e. The summed E-state index contributed by atoms with van der Waals surface area (Å²) >= 11 is 5.97. The van der Waals surface area contributed by atoms with Crippen LogP contribution in [0.1, 0.15) is 18.4 Å². The molecule has 6 nitrogen and oxygen atoms in total. The Hall–Kier alpha value is -2.09. The molecule has 0 N–H and O–H groups in total. The van der Waals surface area contributed by atoms with Crippen molar-refractivity contribution < 1.29 is 17.9 Å². The second-order valence-electron chi connectivity index (χ2n) is 7.57. The number of rotatable bonds is 7. The molecule has 0 bridgehead atoms. The number of amides is 1. The highest BCUT2D eigenvalue weighted by molar-refractivity contribution is 7.89. The zero-order chi connectivity index (χ0) is 21.7. The SMILES string of the molecule is COc1ccc(Cl)cc1S(=O)(=O)N(C)CC(=O)N1CCC(Cc2ccccc2)CC1. The monoisotopic (exact) mass is 450 g/mol. The highest BCUT2D eigenvalue weighted by Gasteiger charge is 2.30. The molecule has 8 heteroatoms. The van der Waals surface area contributed by atoms with Gasteiger partial charge in [-0.25, -0.2) is 8.42 Å². The third-order valence-corrected chi connectivity index (χ3v) is 7.57. The molecule has 2 aromatic rings. The molecule has 1 aliphatic rings. The van der Waals surface area contributed by atoms with Gasteiger partial charge in [0.1, 0.15) is 10.6 Å². The summed E-state index contributed by atoms with van der Waals surface area (Å²) in [6.07, 6.45) is 2.84. The quantitative estimate of drug-likeness (QED) is 0.648. The summed E-state index contributed by atoms with van der Waals surface area (Å²) in [6.45, 7) is 1.07. The van der Waals surface area contributed by atoms with Crippen molar-refractivity contribution in [1.82, 2.24) is 9.21 Å². The Morgan fingerprint density at radius 3 is 2.47 bits per heavy atom. The van der Waals surface area contributed by atoms with E-state index in [1.54, 1.807) is 11.0 Å². The Morgan fingerprint density at radius 1 is 1.17 bits per heavy atom. The molecule has 1 saturated heterocycles. The third kappa shape index (κ3) is 5.33.